The largest absolute Gasteiger partial charge is 0.235 e. The van der Waals surface area contributed by atoms with Crippen LogP contribution in [0.25, 0.3) is 11.4 Å². The second-order valence-corrected chi connectivity index (χ2v) is 4.70. The molecule has 0 saturated heterocycles. The topological polar surface area (TPSA) is 49.6 Å². The van der Waals surface area contributed by atoms with Crippen LogP contribution in [0.5, 0.6) is 0 Å². The lowest BCUT2D eigenvalue weighted by Crippen LogP contribution is -1.93. The molecular formula is C14H10ClN3. The first-order valence-corrected chi connectivity index (χ1v) is 6.20. The Morgan fingerprint density at radius 3 is 2.83 bits per heavy atom. The molecule has 1 aromatic carbocycles. The fourth-order valence-electron chi connectivity index (χ4n) is 2.29. The van der Waals surface area contributed by atoms with Gasteiger partial charge in [-0.15, -0.1) is 0 Å². The van der Waals surface area contributed by atoms with E-state index >= 15 is 0 Å². The van der Waals surface area contributed by atoms with Crippen molar-refractivity contribution in [3.8, 4) is 17.5 Å². The normalized spacial score (nSPS) is 13.1. The molecule has 1 aliphatic carbocycles. The summed E-state index contributed by atoms with van der Waals surface area (Å²) in [5.41, 5.74) is 4.05. The lowest BCUT2D eigenvalue weighted by molar-refractivity contribution is 0.912. The Labute approximate surface area is 110 Å². The number of halogens is 1. The summed E-state index contributed by atoms with van der Waals surface area (Å²) in [6.07, 6.45) is 4.96. The first-order valence-electron chi connectivity index (χ1n) is 5.83. The first-order chi connectivity index (χ1) is 8.78. The molecule has 0 aliphatic heterocycles. The Balaban J connectivity index is 2.05. The molecule has 0 saturated carbocycles. The highest BCUT2D eigenvalue weighted by Crippen LogP contribution is 2.27. The molecule has 0 spiro atoms. The molecule has 0 amide bonds. The molecule has 0 fully saturated rings. The molecule has 1 aromatic heterocycles. The number of aryl methyl sites for hydroxylation is 2. The number of hydrogen-bond acceptors (Lipinski definition) is 3. The minimum atomic E-state index is 0.211. The minimum absolute atomic E-state index is 0.211. The first kappa shape index (κ1) is 11.2. The molecule has 4 heteroatoms. The van der Waals surface area contributed by atoms with Gasteiger partial charge in [-0.1, -0.05) is 23.7 Å². The Kier molecular flexibility index (Phi) is 2.73. The molecule has 88 valence electrons. The molecule has 3 rings (SSSR count). The van der Waals surface area contributed by atoms with E-state index in [0.717, 1.165) is 18.4 Å². The predicted octanol–water partition coefficient (Wildman–Crippen LogP) is 3.16. The summed E-state index contributed by atoms with van der Waals surface area (Å²) in [7, 11) is 0. The molecular weight excluding hydrogens is 246 g/mol. The van der Waals surface area contributed by atoms with Crippen molar-refractivity contribution in [1.82, 2.24) is 9.97 Å². The number of hydrogen-bond donors (Lipinski definition) is 0. The van der Waals surface area contributed by atoms with E-state index in [1.165, 1.54) is 23.7 Å². The number of benzene rings is 1. The van der Waals surface area contributed by atoms with Crippen LogP contribution >= 0.6 is 11.6 Å². The van der Waals surface area contributed by atoms with Gasteiger partial charge in [-0.3, -0.25) is 0 Å². The Bertz CT molecular complexity index is 650. The standard InChI is InChI=1S/C14H10ClN3/c15-13-12(7-16)8-17-14(18-13)11-5-4-9-2-1-3-10(9)6-11/h4-6,8H,1-3H2. The van der Waals surface area contributed by atoms with Gasteiger partial charge in [0.2, 0.25) is 0 Å². The number of rotatable bonds is 1. The lowest BCUT2D eigenvalue weighted by Gasteiger charge is -2.04. The van der Waals surface area contributed by atoms with E-state index in [0.29, 0.717) is 11.4 Å². The summed E-state index contributed by atoms with van der Waals surface area (Å²) >= 11 is 5.92. The van der Waals surface area contributed by atoms with Crippen molar-refractivity contribution >= 4 is 11.6 Å². The molecule has 2 aromatic rings. The maximum absolute atomic E-state index is 8.79. The zero-order valence-corrected chi connectivity index (χ0v) is 10.4. The zero-order chi connectivity index (χ0) is 12.5. The van der Waals surface area contributed by atoms with Crippen molar-refractivity contribution < 1.29 is 0 Å². The second-order valence-electron chi connectivity index (χ2n) is 4.35. The van der Waals surface area contributed by atoms with E-state index in [1.807, 2.05) is 12.1 Å². The minimum Gasteiger partial charge on any atom is -0.235 e. The highest BCUT2D eigenvalue weighted by Gasteiger charge is 2.13. The smallest absolute Gasteiger partial charge is 0.160 e. The maximum atomic E-state index is 8.79. The summed E-state index contributed by atoms with van der Waals surface area (Å²) in [4.78, 5) is 8.36. The number of nitriles is 1. The summed E-state index contributed by atoms with van der Waals surface area (Å²) in [6, 6.07) is 8.23. The van der Waals surface area contributed by atoms with E-state index in [-0.39, 0.29) is 5.15 Å². The van der Waals surface area contributed by atoms with Gasteiger partial charge >= 0.3 is 0 Å². The van der Waals surface area contributed by atoms with Crippen LogP contribution in [0.15, 0.2) is 24.4 Å². The molecule has 0 N–H and O–H groups in total. The van der Waals surface area contributed by atoms with Crippen LogP contribution < -0.4 is 0 Å². The maximum Gasteiger partial charge on any atom is 0.160 e. The monoisotopic (exact) mass is 255 g/mol. The van der Waals surface area contributed by atoms with Crippen molar-refractivity contribution in [1.29, 1.82) is 5.26 Å². The van der Waals surface area contributed by atoms with Gasteiger partial charge in [-0.05, 0) is 36.5 Å². The van der Waals surface area contributed by atoms with Crippen molar-refractivity contribution in [3.05, 3.63) is 46.2 Å². The zero-order valence-electron chi connectivity index (χ0n) is 9.65. The van der Waals surface area contributed by atoms with Gasteiger partial charge in [-0.2, -0.15) is 5.26 Å². The summed E-state index contributed by atoms with van der Waals surface area (Å²) in [5.74, 6) is 0.578. The third-order valence-corrected chi connectivity index (χ3v) is 3.51. The van der Waals surface area contributed by atoms with E-state index in [9.17, 15) is 0 Å². The number of fused-ring (bicyclic) bond motifs is 1. The highest BCUT2D eigenvalue weighted by molar-refractivity contribution is 6.30. The SMILES string of the molecule is N#Cc1cnc(-c2ccc3c(c2)CCC3)nc1Cl. The van der Waals surface area contributed by atoms with E-state index in [4.69, 9.17) is 16.9 Å². The molecule has 18 heavy (non-hydrogen) atoms. The molecule has 0 bridgehead atoms. The van der Waals surface area contributed by atoms with Gasteiger partial charge in [-0.25, -0.2) is 9.97 Å². The molecule has 1 aliphatic rings. The molecule has 1 heterocycles. The van der Waals surface area contributed by atoms with E-state index in [2.05, 4.69) is 22.1 Å². The van der Waals surface area contributed by atoms with Gasteiger partial charge in [0, 0.05) is 5.56 Å². The summed E-state index contributed by atoms with van der Waals surface area (Å²) < 4.78 is 0. The van der Waals surface area contributed by atoms with Crippen molar-refractivity contribution in [2.24, 2.45) is 0 Å². The lowest BCUT2D eigenvalue weighted by atomic mass is 10.1. The fourth-order valence-corrected chi connectivity index (χ4v) is 2.46. The van der Waals surface area contributed by atoms with Gasteiger partial charge in [0.25, 0.3) is 0 Å². The molecule has 0 radical (unpaired) electrons. The van der Waals surface area contributed by atoms with Gasteiger partial charge in [0.1, 0.15) is 11.6 Å². The Morgan fingerprint density at radius 2 is 2.06 bits per heavy atom. The third kappa shape index (κ3) is 1.85. The summed E-state index contributed by atoms with van der Waals surface area (Å²) in [6.45, 7) is 0. The van der Waals surface area contributed by atoms with Gasteiger partial charge in [0.15, 0.2) is 11.0 Å². The van der Waals surface area contributed by atoms with Crippen LogP contribution in [0.2, 0.25) is 5.15 Å². The Hall–Kier alpha value is -1.92. The average molecular weight is 256 g/mol. The van der Waals surface area contributed by atoms with Crippen LogP contribution in [0.3, 0.4) is 0 Å². The van der Waals surface area contributed by atoms with Gasteiger partial charge in [0.05, 0.1) is 6.20 Å². The van der Waals surface area contributed by atoms with Crippen LogP contribution in [-0.4, -0.2) is 9.97 Å². The second kappa shape index (κ2) is 4.40. The molecule has 0 atom stereocenters. The van der Waals surface area contributed by atoms with Crippen LogP contribution in [0.1, 0.15) is 23.1 Å². The summed E-state index contributed by atoms with van der Waals surface area (Å²) in [5, 5.41) is 9.00. The van der Waals surface area contributed by atoms with Crippen molar-refractivity contribution in [2.75, 3.05) is 0 Å². The molecule has 3 nitrogen and oxygen atoms in total. The number of nitrogens with zero attached hydrogens (tertiary/aromatic N) is 3. The van der Waals surface area contributed by atoms with Crippen molar-refractivity contribution in [3.63, 3.8) is 0 Å². The quantitative estimate of drug-likeness (QED) is 0.736. The highest BCUT2D eigenvalue weighted by atomic mass is 35.5. The van der Waals surface area contributed by atoms with Crippen LogP contribution in [-0.2, 0) is 12.8 Å². The van der Waals surface area contributed by atoms with Crippen LogP contribution in [0, 0.1) is 11.3 Å². The number of aromatic nitrogens is 2. The predicted molar refractivity (Wildman–Crippen MR) is 69.2 cm³/mol. The Morgan fingerprint density at radius 1 is 1.22 bits per heavy atom. The fraction of sp³-hybridized carbons (Fsp3) is 0.214. The van der Waals surface area contributed by atoms with Crippen LogP contribution in [0.4, 0.5) is 0 Å². The van der Waals surface area contributed by atoms with E-state index < -0.39 is 0 Å². The van der Waals surface area contributed by atoms with E-state index in [1.54, 1.807) is 0 Å². The van der Waals surface area contributed by atoms with Crippen molar-refractivity contribution in [2.45, 2.75) is 19.3 Å². The average Bonchev–Trinajstić information content (AvgIpc) is 2.85. The third-order valence-electron chi connectivity index (χ3n) is 3.22. The van der Waals surface area contributed by atoms with Gasteiger partial charge < -0.3 is 0 Å². The molecule has 0 unspecified atom stereocenters.